The summed E-state index contributed by atoms with van der Waals surface area (Å²) in [5.74, 6) is 0.947. The van der Waals surface area contributed by atoms with Crippen LogP contribution in [0.4, 0.5) is 0 Å². The Kier molecular flexibility index (Phi) is 5.86. The summed E-state index contributed by atoms with van der Waals surface area (Å²) in [6.07, 6.45) is 10.7. The minimum Gasteiger partial charge on any atom is -0.383 e. The summed E-state index contributed by atoms with van der Waals surface area (Å²) in [5.41, 5.74) is 1.30. The van der Waals surface area contributed by atoms with Crippen molar-refractivity contribution in [1.82, 2.24) is 14.9 Å². The molecule has 19 heavy (non-hydrogen) atoms. The number of nitrogens with one attached hydrogen (secondary N) is 1. The summed E-state index contributed by atoms with van der Waals surface area (Å²) in [6.45, 7) is 4.85. The fourth-order valence-electron chi connectivity index (χ4n) is 3.02. The van der Waals surface area contributed by atoms with E-state index in [1.54, 1.807) is 7.11 Å². The number of ether oxygens (including phenoxy) is 1. The molecule has 0 spiro atoms. The summed E-state index contributed by atoms with van der Waals surface area (Å²) in [4.78, 5) is 4.33. The molecule has 0 unspecified atom stereocenters. The van der Waals surface area contributed by atoms with E-state index in [-0.39, 0.29) is 0 Å². The first-order chi connectivity index (χ1) is 9.35. The van der Waals surface area contributed by atoms with Gasteiger partial charge in [-0.15, -0.1) is 0 Å². The van der Waals surface area contributed by atoms with Crippen LogP contribution in [0.3, 0.4) is 0 Å². The van der Waals surface area contributed by atoms with Crippen LogP contribution in [0.25, 0.3) is 0 Å². The molecule has 1 aromatic heterocycles. The summed E-state index contributed by atoms with van der Waals surface area (Å²) >= 11 is 0. The third-order valence-corrected chi connectivity index (χ3v) is 4.32. The Morgan fingerprint density at radius 2 is 2.16 bits per heavy atom. The molecule has 1 N–H and O–H groups in total. The number of aromatic nitrogens is 2. The van der Waals surface area contributed by atoms with Crippen molar-refractivity contribution in [2.75, 3.05) is 20.3 Å². The maximum atomic E-state index is 5.05. The van der Waals surface area contributed by atoms with E-state index in [1.807, 2.05) is 12.5 Å². The fraction of sp³-hybridized carbons (Fsp3) is 0.800. The fourth-order valence-corrected chi connectivity index (χ4v) is 3.02. The van der Waals surface area contributed by atoms with Crippen molar-refractivity contribution in [1.29, 1.82) is 0 Å². The van der Waals surface area contributed by atoms with Crippen molar-refractivity contribution >= 4 is 0 Å². The van der Waals surface area contributed by atoms with Crippen LogP contribution < -0.4 is 5.32 Å². The Labute approximate surface area is 116 Å². The third kappa shape index (κ3) is 4.05. The minimum atomic E-state index is 0.657. The number of hydrogen-bond acceptors (Lipinski definition) is 3. The van der Waals surface area contributed by atoms with E-state index >= 15 is 0 Å². The molecule has 2 rings (SSSR count). The maximum absolute atomic E-state index is 5.05. The maximum Gasteiger partial charge on any atom is 0.0951 e. The Morgan fingerprint density at radius 3 is 2.84 bits per heavy atom. The van der Waals surface area contributed by atoms with Crippen molar-refractivity contribution in [3.63, 3.8) is 0 Å². The first-order valence-electron chi connectivity index (χ1n) is 7.55. The van der Waals surface area contributed by atoms with Crippen molar-refractivity contribution in [3.8, 4) is 0 Å². The van der Waals surface area contributed by atoms with Gasteiger partial charge in [0.25, 0.3) is 0 Å². The van der Waals surface area contributed by atoms with Crippen LogP contribution in [0.15, 0.2) is 12.5 Å². The van der Waals surface area contributed by atoms with Crippen molar-refractivity contribution in [3.05, 3.63) is 18.2 Å². The summed E-state index contributed by atoms with van der Waals surface area (Å²) in [7, 11) is 1.73. The predicted molar refractivity (Wildman–Crippen MR) is 77.1 cm³/mol. The SMILES string of the molecule is CCC1CCC(n2cncc2CNCCOC)CC1. The van der Waals surface area contributed by atoms with Gasteiger partial charge in [-0.1, -0.05) is 13.3 Å². The number of hydrogen-bond donors (Lipinski definition) is 1. The van der Waals surface area contributed by atoms with Gasteiger partial charge >= 0.3 is 0 Å². The van der Waals surface area contributed by atoms with Gasteiger partial charge in [-0.2, -0.15) is 0 Å². The molecule has 0 atom stereocenters. The van der Waals surface area contributed by atoms with E-state index in [0.717, 1.165) is 25.6 Å². The molecule has 108 valence electrons. The predicted octanol–water partition coefficient (Wildman–Crippen LogP) is 2.76. The molecular weight excluding hydrogens is 238 g/mol. The number of rotatable bonds is 7. The molecule has 1 heterocycles. The lowest BCUT2D eigenvalue weighted by molar-refractivity contribution is 0.198. The average molecular weight is 265 g/mol. The molecule has 0 amide bonds. The van der Waals surface area contributed by atoms with E-state index < -0.39 is 0 Å². The highest BCUT2D eigenvalue weighted by atomic mass is 16.5. The van der Waals surface area contributed by atoms with Crippen LogP contribution in [0.1, 0.15) is 50.8 Å². The third-order valence-electron chi connectivity index (χ3n) is 4.32. The molecule has 0 aromatic carbocycles. The van der Waals surface area contributed by atoms with Crippen LogP contribution in [-0.4, -0.2) is 29.8 Å². The molecule has 1 saturated carbocycles. The largest absolute Gasteiger partial charge is 0.383 e. The van der Waals surface area contributed by atoms with E-state index in [4.69, 9.17) is 4.74 Å². The lowest BCUT2D eigenvalue weighted by atomic mass is 9.84. The highest BCUT2D eigenvalue weighted by Crippen LogP contribution is 2.34. The monoisotopic (exact) mass is 265 g/mol. The summed E-state index contributed by atoms with van der Waals surface area (Å²) in [5, 5.41) is 3.40. The standard InChI is InChI=1S/C15H27N3O/c1-3-13-4-6-14(7-5-13)18-12-17-11-15(18)10-16-8-9-19-2/h11-14,16H,3-10H2,1-2H3. The number of methoxy groups -OCH3 is 1. The second-order valence-corrected chi connectivity index (χ2v) is 5.54. The first-order valence-corrected chi connectivity index (χ1v) is 7.55. The summed E-state index contributed by atoms with van der Waals surface area (Å²) in [6, 6.07) is 0.657. The van der Waals surface area contributed by atoms with Crippen LogP contribution in [-0.2, 0) is 11.3 Å². The van der Waals surface area contributed by atoms with Gasteiger partial charge < -0.3 is 14.6 Å². The Hall–Kier alpha value is -0.870. The van der Waals surface area contributed by atoms with Gasteiger partial charge in [0.2, 0.25) is 0 Å². The molecule has 0 saturated heterocycles. The number of imidazole rings is 1. The Morgan fingerprint density at radius 1 is 1.37 bits per heavy atom. The number of nitrogens with zero attached hydrogens (tertiary/aromatic N) is 2. The second kappa shape index (κ2) is 7.65. The van der Waals surface area contributed by atoms with Gasteiger partial charge in [-0.3, -0.25) is 0 Å². The highest BCUT2D eigenvalue weighted by molar-refractivity contribution is 5.01. The molecule has 4 heteroatoms. The lowest BCUT2D eigenvalue weighted by Gasteiger charge is -2.29. The lowest BCUT2D eigenvalue weighted by Crippen LogP contribution is -2.23. The molecule has 0 aliphatic heterocycles. The van der Waals surface area contributed by atoms with Gasteiger partial charge in [-0.25, -0.2) is 4.98 Å². The van der Waals surface area contributed by atoms with E-state index in [9.17, 15) is 0 Å². The van der Waals surface area contributed by atoms with Crippen molar-refractivity contribution < 1.29 is 4.74 Å². The minimum absolute atomic E-state index is 0.657. The van der Waals surface area contributed by atoms with Gasteiger partial charge in [0, 0.05) is 32.4 Å². The van der Waals surface area contributed by atoms with Crippen molar-refractivity contribution in [2.24, 2.45) is 5.92 Å². The summed E-state index contributed by atoms with van der Waals surface area (Å²) < 4.78 is 7.43. The Balaban J connectivity index is 1.85. The Bertz CT molecular complexity index is 356. The molecule has 1 aliphatic rings. The molecule has 1 fully saturated rings. The second-order valence-electron chi connectivity index (χ2n) is 5.54. The van der Waals surface area contributed by atoms with Crippen LogP contribution in [0, 0.1) is 5.92 Å². The quantitative estimate of drug-likeness (QED) is 0.771. The smallest absolute Gasteiger partial charge is 0.0951 e. The molecular formula is C15H27N3O. The van der Waals surface area contributed by atoms with Gasteiger partial charge in [0.05, 0.1) is 18.6 Å². The highest BCUT2D eigenvalue weighted by Gasteiger charge is 2.22. The first kappa shape index (κ1) is 14.5. The van der Waals surface area contributed by atoms with E-state index in [0.29, 0.717) is 6.04 Å². The normalized spacial score (nSPS) is 23.7. The van der Waals surface area contributed by atoms with Crippen LogP contribution in [0.5, 0.6) is 0 Å². The van der Waals surface area contributed by atoms with Crippen LogP contribution >= 0.6 is 0 Å². The zero-order valence-corrected chi connectivity index (χ0v) is 12.3. The van der Waals surface area contributed by atoms with Gasteiger partial charge in [-0.05, 0) is 31.6 Å². The molecule has 4 nitrogen and oxygen atoms in total. The topological polar surface area (TPSA) is 39.1 Å². The zero-order valence-electron chi connectivity index (χ0n) is 12.3. The van der Waals surface area contributed by atoms with Crippen molar-refractivity contribution in [2.45, 2.75) is 51.6 Å². The molecule has 0 bridgehead atoms. The molecule has 0 radical (unpaired) electrons. The molecule has 1 aromatic rings. The molecule has 1 aliphatic carbocycles. The zero-order chi connectivity index (χ0) is 13.5. The van der Waals surface area contributed by atoms with Gasteiger partial charge in [0.1, 0.15) is 0 Å². The van der Waals surface area contributed by atoms with E-state index in [1.165, 1.54) is 37.8 Å². The van der Waals surface area contributed by atoms with Gasteiger partial charge in [0.15, 0.2) is 0 Å². The average Bonchev–Trinajstić information content (AvgIpc) is 2.92. The van der Waals surface area contributed by atoms with E-state index in [2.05, 4.69) is 21.8 Å². The van der Waals surface area contributed by atoms with Crippen LogP contribution in [0.2, 0.25) is 0 Å².